The quantitative estimate of drug-likeness (QED) is 0.748. The highest BCUT2D eigenvalue weighted by Crippen LogP contribution is 2.27. The van der Waals surface area contributed by atoms with E-state index in [0.717, 1.165) is 25.7 Å². The van der Waals surface area contributed by atoms with Gasteiger partial charge in [-0.25, -0.2) is 0 Å². The van der Waals surface area contributed by atoms with Gasteiger partial charge in [0.05, 0.1) is 5.38 Å². The fraction of sp³-hybridized carbons (Fsp3) is 0.636. The van der Waals surface area contributed by atoms with Crippen LogP contribution in [-0.2, 0) is 0 Å². The molecule has 2 rings (SSSR count). The molecular formula is C11H15ClN2O2. The Labute approximate surface area is 99.5 Å². The van der Waals surface area contributed by atoms with Crippen molar-refractivity contribution in [2.45, 2.75) is 37.1 Å². The Hall–Kier alpha value is -1.03. The van der Waals surface area contributed by atoms with Crippen LogP contribution in [0.25, 0.3) is 0 Å². The summed E-state index contributed by atoms with van der Waals surface area (Å²) in [7, 11) is 1.78. The van der Waals surface area contributed by atoms with Gasteiger partial charge < -0.3 is 9.42 Å². The average molecular weight is 243 g/mol. The first-order valence-corrected chi connectivity index (χ1v) is 5.95. The van der Waals surface area contributed by atoms with Crippen LogP contribution in [0.2, 0.25) is 0 Å². The maximum absolute atomic E-state index is 12.0. The number of hydrogen-bond donors (Lipinski definition) is 0. The molecule has 2 unspecified atom stereocenters. The third kappa shape index (κ3) is 2.21. The van der Waals surface area contributed by atoms with Gasteiger partial charge in [-0.3, -0.25) is 4.79 Å². The van der Waals surface area contributed by atoms with Crippen molar-refractivity contribution >= 4 is 17.5 Å². The number of carbonyl (C=O) groups excluding carboxylic acids is 1. The van der Waals surface area contributed by atoms with Crippen LogP contribution in [-0.4, -0.2) is 34.4 Å². The van der Waals surface area contributed by atoms with Crippen molar-refractivity contribution in [2.75, 3.05) is 7.05 Å². The van der Waals surface area contributed by atoms with Gasteiger partial charge in [0.15, 0.2) is 5.69 Å². The van der Waals surface area contributed by atoms with E-state index in [1.54, 1.807) is 18.0 Å². The number of carbonyl (C=O) groups is 1. The van der Waals surface area contributed by atoms with Crippen LogP contribution >= 0.6 is 11.6 Å². The molecule has 1 fully saturated rings. The lowest BCUT2D eigenvalue weighted by Gasteiger charge is -2.34. The molecular weight excluding hydrogens is 228 g/mol. The van der Waals surface area contributed by atoms with Crippen LogP contribution in [0.3, 0.4) is 0 Å². The maximum Gasteiger partial charge on any atom is 0.276 e. The van der Waals surface area contributed by atoms with Crippen molar-refractivity contribution in [3.8, 4) is 0 Å². The standard InChI is InChI=1S/C11H15ClN2O2/c1-14(10-5-3-2-4-8(10)12)11(15)9-6-7-16-13-9/h6-8,10H,2-5H2,1H3. The monoisotopic (exact) mass is 242 g/mol. The topological polar surface area (TPSA) is 46.3 Å². The zero-order valence-corrected chi connectivity index (χ0v) is 9.98. The molecule has 1 heterocycles. The minimum absolute atomic E-state index is 0.0506. The molecule has 4 nitrogen and oxygen atoms in total. The first-order valence-electron chi connectivity index (χ1n) is 5.52. The summed E-state index contributed by atoms with van der Waals surface area (Å²) in [5.41, 5.74) is 0.344. The Morgan fingerprint density at radius 3 is 2.94 bits per heavy atom. The fourth-order valence-corrected chi connectivity index (χ4v) is 2.61. The Morgan fingerprint density at radius 1 is 1.56 bits per heavy atom. The number of alkyl halides is 1. The normalized spacial score (nSPS) is 25.4. The van der Waals surface area contributed by atoms with Gasteiger partial charge in [-0.1, -0.05) is 18.0 Å². The second kappa shape index (κ2) is 4.87. The van der Waals surface area contributed by atoms with Crippen molar-refractivity contribution in [3.05, 3.63) is 18.0 Å². The number of amides is 1. The average Bonchev–Trinajstić information content (AvgIpc) is 2.81. The van der Waals surface area contributed by atoms with E-state index in [9.17, 15) is 4.79 Å². The van der Waals surface area contributed by atoms with Gasteiger partial charge in [-0.15, -0.1) is 11.6 Å². The van der Waals surface area contributed by atoms with Crippen molar-refractivity contribution in [1.82, 2.24) is 10.1 Å². The third-order valence-electron chi connectivity index (χ3n) is 3.12. The molecule has 88 valence electrons. The van der Waals surface area contributed by atoms with Gasteiger partial charge in [-0.05, 0) is 12.8 Å². The van der Waals surface area contributed by atoms with Crippen molar-refractivity contribution < 1.29 is 9.32 Å². The molecule has 1 aromatic rings. The Morgan fingerprint density at radius 2 is 2.31 bits per heavy atom. The van der Waals surface area contributed by atoms with Crippen LogP contribution in [0.15, 0.2) is 16.9 Å². The minimum Gasteiger partial charge on any atom is -0.364 e. The van der Waals surface area contributed by atoms with E-state index in [1.165, 1.54) is 6.26 Å². The Bertz CT molecular complexity index is 353. The molecule has 1 aliphatic rings. The maximum atomic E-state index is 12.0. The Kier molecular flexibility index (Phi) is 3.49. The van der Waals surface area contributed by atoms with Crippen LogP contribution < -0.4 is 0 Å². The lowest BCUT2D eigenvalue weighted by atomic mass is 9.94. The summed E-state index contributed by atoms with van der Waals surface area (Å²) < 4.78 is 4.67. The lowest BCUT2D eigenvalue weighted by Crippen LogP contribution is -2.44. The molecule has 1 saturated carbocycles. The van der Waals surface area contributed by atoms with Gasteiger partial charge in [0.25, 0.3) is 5.91 Å². The first-order chi connectivity index (χ1) is 7.70. The zero-order chi connectivity index (χ0) is 11.5. The third-order valence-corrected chi connectivity index (χ3v) is 3.63. The van der Waals surface area contributed by atoms with Crippen molar-refractivity contribution in [1.29, 1.82) is 0 Å². The molecule has 5 heteroatoms. The molecule has 2 atom stereocenters. The van der Waals surface area contributed by atoms with Crippen LogP contribution in [0.4, 0.5) is 0 Å². The fourth-order valence-electron chi connectivity index (χ4n) is 2.16. The number of aromatic nitrogens is 1. The molecule has 0 N–H and O–H groups in total. The summed E-state index contributed by atoms with van der Waals surface area (Å²) in [6.45, 7) is 0. The van der Waals surface area contributed by atoms with E-state index < -0.39 is 0 Å². The first kappa shape index (κ1) is 11.5. The molecule has 0 spiro atoms. The number of hydrogen-bond acceptors (Lipinski definition) is 3. The van der Waals surface area contributed by atoms with Gasteiger partial charge in [0.2, 0.25) is 0 Å². The van der Waals surface area contributed by atoms with Crippen LogP contribution in [0.1, 0.15) is 36.2 Å². The second-order valence-corrected chi connectivity index (χ2v) is 4.73. The number of rotatable bonds is 2. The SMILES string of the molecule is CN(C(=O)c1ccon1)C1CCCCC1Cl. The van der Waals surface area contributed by atoms with Crippen LogP contribution in [0, 0.1) is 0 Å². The molecule has 0 aromatic carbocycles. The van der Waals surface area contributed by atoms with E-state index in [4.69, 9.17) is 11.6 Å². The lowest BCUT2D eigenvalue weighted by molar-refractivity contribution is 0.0690. The highest BCUT2D eigenvalue weighted by molar-refractivity contribution is 6.21. The van der Waals surface area contributed by atoms with E-state index in [0.29, 0.717) is 5.69 Å². The van der Waals surface area contributed by atoms with Crippen molar-refractivity contribution in [3.63, 3.8) is 0 Å². The molecule has 16 heavy (non-hydrogen) atoms. The molecule has 0 saturated heterocycles. The summed E-state index contributed by atoms with van der Waals surface area (Å²) >= 11 is 6.25. The van der Waals surface area contributed by atoms with E-state index in [2.05, 4.69) is 9.68 Å². The van der Waals surface area contributed by atoms with Crippen LogP contribution in [0.5, 0.6) is 0 Å². The molecule has 1 aromatic heterocycles. The Balaban J connectivity index is 2.06. The molecule has 0 radical (unpaired) electrons. The summed E-state index contributed by atoms with van der Waals surface area (Å²) in [5, 5.41) is 3.70. The van der Waals surface area contributed by atoms with Gasteiger partial charge in [0, 0.05) is 19.2 Å². The smallest absolute Gasteiger partial charge is 0.276 e. The zero-order valence-electron chi connectivity index (χ0n) is 9.23. The molecule has 0 aliphatic heterocycles. The summed E-state index contributed by atoms with van der Waals surface area (Å²) in [5.74, 6) is -0.119. The van der Waals surface area contributed by atoms with Crippen molar-refractivity contribution in [2.24, 2.45) is 0 Å². The minimum atomic E-state index is -0.119. The highest BCUT2D eigenvalue weighted by atomic mass is 35.5. The molecule has 1 aliphatic carbocycles. The number of halogens is 1. The predicted octanol–water partition coefficient (Wildman–Crippen LogP) is 2.30. The van der Waals surface area contributed by atoms with E-state index >= 15 is 0 Å². The van der Waals surface area contributed by atoms with E-state index in [1.807, 2.05) is 0 Å². The summed E-state index contributed by atoms with van der Waals surface area (Å²) in [4.78, 5) is 13.7. The van der Waals surface area contributed by atoms with Gasteiger partial charge >= 0.3 is 0 Å². The predicted molar refractivity (Wildman–Crippen MR) is 60.5 cm³/mol. The largest absolute Gasteiger partial charge is 0.364 e. The summed E-state index contributed by atoms with van der Waals surface area (Å²) in [6, 6.07) is 1.69. The highest BCUT2D eigenvalue weighted by Gasteiger charge is 2.30. The second-order valence-electron chi connectivity index (χ2n) is 4.17. The summed E-state index contributed by atoms with van der Waals surface area (Å²) in [6.07, 6.45) is 5.62. The number of nitrogens with zero attached hydrogens (tertiary/aromatic N) is 2. The molecule has 1 amide bonds. The van der Waals surface area contributed by atoms with E-state index in [-0.39, 0.29) is 17.3 Å². The molecule has 0 bridgehead atoms. The van der Waals surface area contributed by atoms with Gasteiger partial charge in [-0.2, -0.15) is 0 Å². The van der Waals surface area contributed by atoms with Gasteiger partial charge in [0.1, 0.15) is 6.26 Å².